The number of ether oxygens (including phenoxy) is 2. The van der Waals surface area contributed by atoms with Crippen molar-refractivity contribution in [3.8, 4) is 11.4 Å². The second-order valence-corrected chi connectivity index (χ2v) is 7.71. The van der Waals surface area contributed by atoms with Gasteiger partial charge in [-0.1, -0.05) is 13.8 Å². The minimum absolute atomic E-state index is 0.0240. The zero-order valence-electron chi connectivity index (χ0n) is 19.4. The summed E-state index contributed by atoms with van der Waals surface area (Å²) in [6.07, 6.45) is 1.39. The molecule has 0 aliphatic carbocycles. The molecule has 0 aliphatic rings. The van der Waals surface area contributed by atoms with Crippen LogP contribution in [0.4, 0.5) is 11.4 Å². The van der Waals surface area contributed by atoms with Gasteiger partial charge in [0.15, 0.2) is 18.1 Å². The molecule has 0 atom stereocenters. The number of carbonyl (C=O) groups is 3. The van der Waals surface area contributed by atoms with E-state index in [9.17, 15) is 24.5 Å². The highest BCUT2D eigenvalue weighted by atomic mass is 16.6. The molecule has 1 N–H and O–H groups in total. The Labute approximate surface area is 200 Å². The van der Waals surface area contributed by atoms with Gasteiger partial charge in [0.2, 0.25) is 11.6 Å². The van der Waals surface area contributed by atoms with Gasteiger partial charge in [-0.05, 0) is 43.3 Å². The Morgan fingerprint density at radius 2 is 1.74 bits per heavy atom. The Balaban J connectivity index is 1.75. The Bertz CT molecular complexity index is 1230. The standard InChI is InChI=1S/C24H24N4O7/c1-4-34-24(31)22-21(13-27(26-22)18-9-11-19(12-10-18)28(32)33)35-14-20(29)16-5-7-17(8-6-16)25-23(30)15(2)3/h5-13,15H,4,14H2,1-3H3,(H,25,30). The first kappa shape index (κ1) is 25.1. The van der Waals surface area contributed by atoms with Gasteiger partial charge < -0.3 is 14.8 Å². The second-order valence-electron chi connectivity index (χ2n) is 7.71. The lowest BCUT2D eigenvalue weighted by atomic mass is 10.1. The van der Waals surface area contributed by atoms with Crippen LogP contribution < -0.4 is 10.1 Å². The number of nitro benzene ring substituents is 1. The number of nitrogens with zero attached hydrogens (tertiary/aromatic N) is 3. The molecule has 0 aliphatic heterocycles. The van der Waals surface area contributed by atoms with Crippen molar-refractivity contribution < 1.29 is 28.8 Å². The fourth-order valence-corrected chi connectivity index (χ4v) is 2.92. The van der Waals surface area contributed by atoms with Crippen LogP contribution in [0, 0.1) is 16.0 Å². The van der Waals surface area contributed by atoms with Crippen molar-refractivity contribution in [3.63, 3.8) is 0 Å². The van der Waals surface area contributed by atoms with E-state index in [4.69, 9.17) is 9.47 Å². The highest BCUT2D eigenvalue weighted by Gasteiger charge is 2.22. The van der Waals surface area contributed by atoms with Crippen molar-refractivity contribution in [2.24, 2.45) is 5.92 Å². The molecule has 0 unspecified atom stereocenters. The number of hydrogen-bond donors (Lipinski definition) is 1. The van der Waals surface area contributed by atoms with Gasteiger partial charge in [-0.3, -0.25) is 19.7 Å². The summed E-state index contributed by atoms with van der Waals surface area (Å²) in [5, 5.41) is 17.8. The van der Waals surface area contributed by atoms with E-state index in [-0.39, 0.29) is 48.0 Å². The molecule has 2 aromatic carbocycles. The van der Waals surface area contributed by atoms with Crippen LogP contribution in [0.1, 0.15) is 41.6 Å². The van der Waals surface area contributed by atoms with E-state index in [1.165, 1.54) is 35.1 Å². The molecule has 0 radical (unpaired) electrons. The van der Waals surface area contributed by atoms with Crippen LogP contribution in [0.25, 0.3) is 5.69 Å². The van der Waals surface area contributed by atoms with Crippen molar-refractivity contribution >= 4 is 29.0 Å². The zero-order valence-corrected chi connectivity index (χ0v) is 19.4. The molecule has 3 rings (SSSR count). The first-order chi connectivity index (χ1) is 16.7. The topological polar surface area (TPSA) is 143 Å². The van der Waals surface area contributed by atoms with E-state index >= 15 is 0 Å². The summed E-state index contributed by atoms with van der Waals surface area (Å²) in [5.41, 5.74) is 1.14. The van der Waals surface area contributed by atoms with Crippen LogP contribution >= 0.6 is 0 Å². The molecule has 0 bridgehead atoms. The van der Waals surface area contributed by atoms with Crippen LogP contribution in [0.2, 0.25) is 0 Å². The number of benzene rings is 2. The molecular weight excluding hydrogens is 456 g/mol. The maximum absolute atomic E-state index is 12.6. The van der Waals surface area contributed by atoms with Gasteiger partial charge in [-0.15, -0.1) is 0 Å². The molecule has 35 heavy (non-hydrogen) atoms. The van der Waals surface area contributed by atoms with Crippen LogP contribution in [-0.4, -0.2) is 45.6 Å². The number of rotatable bonds is 10. The van der Waals surface area contributed by atoms with Gasteiger partial charge in [0.1, 0.15) is 0 Å². The minimum atomic E-state index is -0.735. The largest absolute Gasteiger partial charge is 0.481 e. The van der Waals surface area contributed by atoms with Crippen LogP contribution in [-0.2, 0) is 9.53 Å². The molecule has 3 aromatic rings. The summed E-state index contributed by atoms with van der Waals surface area (Å²) in [4.78, 5) is 47.1. The predicted octanol–water partition coefficient (Wildman–Crippen LogP) is 3.81. The predicted molar refractivity (Wildman–Crippen MR) is 126 cm³/mol. The monoisotopic (exact) mass is 480 g/mol. The number of Topliss-reactive ketones (excluding diaryl/α,β-unsaturated/α-hetero) is 1. The fourth-order valence-electron chi connectivity index (χ4n) is 2.92. The number of hydrogen-bond acceptors (Lipinski definition) is 8. The number of nitrogens with one attached hydrogen (secondary N) is 1. The Morgan fingerprint density at radius 1 is 1.09 bits per heavy atom. The van der Waals surface area contributed by atoms with E-state index < -0.39 is 10.9 Å². The number of amides is 1. The van der Waals surface area contributed by atoms with Gasteiger partial charge >= 0.3 is 5.97 Å². The van der Waals surface area contributed by atoms with Gasteiger partial charge in [0.05, 0.1) is 23.4 Å². The highest BCUT2D eigenvalue weighted by molar-refractivity contribution is 5.98. The number of ketones is 1. The third-order valence-electron chi connectivity index (χ3n) is 4.83. The summed E-state index contributed by atoms with van der Waals surface area (Å²) in [6, 6.07) is 11.9. The summed E-state index contributed by atoms with van der Waals surface area (Å²) in [7, 11) is 0. The average Bonchev–Trinajstić information content (AvgIpc) is 3.27. The van der Waals surface area contributed by atoms with Crippen molar-refractivity contribution in [3.05, 3.63) is 76.1 Å². The summed E-state index contributed by atoms with van der Waals surface area (Å²) in [6.45, 7) is 4.93. The summed E-state index contributed by atoms with van der Waals surface area (Å²) < 4.78 is 11.9. The van der Waals surface area contributed by atoms with Gasteiger partial charge in [0, 0.05) is 29.3 Å². The van der Waals surface area contributed by atoms with Gasteiger partial charge in [0.25, 0.3) is 5.69 Å². The zero-order chi connectivity index (χ0) is 25.5. The quantitative estimate of drug-likeness (QED) is 0.200. The number of aromatic nitrogens is 2. The molecule has 182 valence electrons. The van der Waals surface area contributed by atoms with Gasteiger partial charge in [-0.2, -0.15) is 5.10 Å². The molecular formula is C24H24N4O7. The molecule has 0 fully saturated rings. The summed E-state index contributed by atoms with van der Waals surface area (Å²) >= 11 is 0. The van der Waals surface area contributed by atoms with E-state index in [0.717, 1.165) is 0 Å². The lowest BCUT2D eigenvalue weighted by Crippen LogP contribution is -2.18. The van der Waals surface area contributed by atoms with Crippen LogP contribution in [0.5, 0.6) is 5.75 Å². The van der Waals surface area contributed by atoms with Crippen molar-refractivity contribution in [1.29, 1.82) is 0 Å². The Hall–Kier alpha value is -4.54. The van der Waals surface area contributed by atoms with Crippen molar-refractivity contribution in [2.45, 2.75) is 20.8 Å². The molecule has 1 aromatic heterocycles. The average molecular weight is 480 g/mol. The number of carbonyl (C=O) groups excluding carboxylic acids is 3. The lowest BCUT2D eigenvalue weighted by molar-refractivity contribution is -0.384. The maximum Gasteiger partial charge on any atom is 0.362 e. The Morgan fingerprint density at radius 3 is 2.31 bits per heavy atom. The fraction of sp³-hybridized carbons (Fsp3) is 0.250. The molecule has 0 saturated carbocycles. The van der Waals surface area contributed by atoms with E-state index in [1.54, 1.807) is 45.0 Å². The van der Waals surface area contributed by atoms with Crippen LogP contribution in [0.3, 0.4) is 0 Å². The third kappa shape index (κ3) is 6.28. The highest BCUT2D eigenvalue weighted by Crippen LogP contribution is 2.23. The molecule has 11 heteroatoms. The molecule has 0 saturated heterocycles. The third-order valence-corrected chi connectivity index (χ3v) is 4.83. The molecule has 1 amide bonds. The normalized spacial score (nSPS) is 10.6. The minimum Gasteiger partial charge on any atom is -0.481 e. The SMILES string of the molecule is CCOC(=O)c1nn(-c2ccc([N+](=O)[O-])cc2)cc1OCC(=O)c1ccc(NC(=O)C(C)C)cc1. The van der Waals surface area contributed by atoms with E-state index in [1.807, 2.05) is 0 Å². The summed E-state index contributed by atoms with van der Waals surface area (Å²) in [5.74, 6) is -1.38. The molecule has 1 heterocycles. The van der Waals surface area contributed by atoms with E-state index in [0.29, 0.717) is 16.9 Å². The van der Waals surface area contributed by atoms with Crippen molar-refractivity contribution in [1.82, 2.24) is 9.78 Å². The second kappa shape index (κ2) is 11.1. The maximum atomic E-state index is 12.6. The van der Waals surface area contributed by atoms with Gasteiger partial charge in [-0.25, -0.2) is 9.48 Å². The lowest BCUT2D eigenvalue weighted by Gasteiger charge is -2.09. The molecule has 11 nitrogen and oxygen atoms in total. The van der Waals surface area contributed by atoms with E-state index in [2.05, 4.69) is 10.4 Å². The first-order valence-corrected chi connectivity index (χ1v) is 10.8. The number of nitro groups is 1. The Kier molecular flexibility index (Phi) is 7.92. The molecule has 0 spiro atoms. The number of anilines is 1. The smallest absolute Gasteiger partial charge is 0.362 e. The van der Waals surface area contributed by atoms with Crippen LogP contribution in [0.15, 0.2) is 54.7 Å². The number of non-ortho nitro benzene ring substituents is 1. The first-order valence-electron chi connectivity index (χ1n) is 10.8. The number of esters is 1. The van der Waals surface area contributed by atoms with Crippen molar-refractivity contribution in [2.75, 3.05) is 18.5 Å².